The van der Waals surface area contributed by atoms with E-state index in [0.717, 1.165) is 27.8 Å². The number of nitrogens with zero attached hydrogens (tertiary/aromatic N) is 4. The standard InChI is InChI=1S/C28H17ClN4/c29-25-16-15-23(17-24(25)20-13-11-19(18-30)12-14-20)28-32-26(21-7-3-1-4-8-21)31-27(33-28)22-9-5-2-6-10-22/h1-17H. The molecule has 0 radical (unpaired) electrons. The Morgan fingerprint density at radius 2 is 1.03 bits per heavy atom. The molecular weight excluding hydrogens is 428 g/mol. The van der Waals surface area contributed by atoms with E-state index in [9.17, 15) is 0 Å². The van der Waals surface area contributed by atoms with Gasteiger partial charge in [-0.2, -0.15) is 5.26 Å². The van der Waals surface area contributed by atoms with E-state index in [-0.39, 0.29) is 0 Å². The fourth-order valence-electron chi connectivity index (χ4n) is 3.55. The van der Waals surface area contributed by atoms with Crippen LogP contribution < -0.4 is 0 Å². The van der Waals surface area contributed by atoms with Gasteiger partial charge in [-0.25, -0.2) is 15.0 Å². The summed E-state index contributed by atoms with van der Waals surface area (Å²) in [5.41, 5.74) is 5.03. The first kappa shape index (κ1) is 20.6. The monoisotopic (exact) mass is 444 g/mol. The maximum absolute atomic E-state index is 9.09. The van der Waals surface area contributed by atoms with Gasteiger partial charge in [-0.15, -0.1) is 0 Å². The molecule has 0 N–H and O–H groups in total. The van der Waals surface area contributed by atoms with Crippen molar-refractivity contribution in [3.05, 3.63) is 114 Å². The van der Waals surface area contributed by atoms with Gasteiger partial charge >= 0.3 is 0 Å². The SMILES string of the molecule is N#Cc1ccc(-c2cc(-c3nc(-c4ccccc4)nc(-c4ccccc4)n3)ccc2Cl)cc1. The zero-order chi connectivity index (χ0) is 22.6. The third-order valence-corrected chi connectivity index (χ3v) is 5.58. The first-order chi connectivity index (χ1) is 16.2. The lowest BCUT2D eigenvalue weighted by molar-refractivity contribution is 1.07. The van der Waals surface area contributed by atoms with E-state index < -0.39 is 0 Å². The molecule has 4 nitrogen and oxygen atoms in total. The minimum atomic E-state index is 0.564. The molecule has 0 atom stereocenters. The average molecular weight is 445 g/mol. The van der Waals surface area contributed by atoms with Gasteiger partial charge in [0.25, 0.3) is 0 Å². The Hall–Kier alpha value is -4.33. The van der Waals surface area contributed by atoms with Crippen molar-refractivity contribution >= 4 is 11.6 Å². The van der Waals surface area contributed by atoms with Gasteiger partial charge in [-0.3, -0.25) is 0 Å². The maximum Gasteiger partial charge on any atom is 0.164 e. The second kappa shape index (κ2) is 9.04. The van der Waals surface area contributed by atoms with Crippen LogP contribution in [0, 0.1) is 11.3 Å². The number of hydrogen-bond acceptors (Lipinski definition) is 4. The number of rotatable bonds is 4. The maximum atomic E-state index is 9.09. The van der Waals surface area contributed by atoms with Gasteiger partial charge in [0.2, 0.25) is 0 Å². The number of halogens is 1. The molecule has 5 rings (SSSR count). The van der Waals surface area contributed by atoms with Crippen LogP contribution in [0.1, 0.15) is 5.56 Å². The molecule has 4 aromatic carbocycles. The summed E-state index contributed by atoms with van der Waals surface area (Å²) in [6, 6.07) is 34.9. The lowest BCUT2D eigenvalue weighted by atomic mass is 10.0. The summed E-state index contributed by atoms with van der Waals surface area (Å²) in [6.07, 6.45) is 0. The Morgan fingerprint density at radius 3 is 1.55 bits per heavy atom. The molecule has 0 amide bonds. The molecule has 5 heteroatoms. The molecular formula is C28H17ClN4. The fraction of sp³-hybridized carbons (Fsp3) is 0. The van der Waals surface area contributed by atoms with E-state index in [1.54, 1.807) is 12.1 Å². The molecule has 0 bridgehead atoms. The highest BCUT2D eigenvalue weighted by Crippen LogP contribution is 2.33. The summed E-state index contributed by atoms with van der Waals surface area (Å²) in [7, 11) is 0. The van der Waals surface area contributed by atoms with Crippen LogP contribution in [0.25, 0.3) is 45.3 Å². The third kappa shape index (κ3) is 4.36. The van der Waals surface area contributed by atoms with E-state index in [2.05, 4.69) is 6.07 Å². The van der Waals surface area contributed by atoms with Gasteiger partial charge in [0, 0.05) is 27.3 Å². The summed E-state index contributed by atoms with van der Waals surface area (Å²) in [6.45, 7) is 0. The lowest BCUT2D eigenvalue weighted by Gasteiger charge is -2.10. The lowest BCUT2D eigenvalue weighted by Crippen LogP contribution is -2.00. The molecule has 0 aliphatic heterocycles. The van der Waals surface area contributed by atoms with Crippen molar-refractivity contribution in [1.29, 1.82) is 5.26 Å². The van der Waals surface area contributed by atoms with E-state index in [0.29, 0.717) is 28.1 Å². The zero-order valence-electron chi connectivity index (χ0n) is 17.5. The van der Waals surface area contributed by atoms with Crippen LogP contribution in [-0.2, 0) is 0 Å². The van der Waals surface area contributed by atoms with Gasteiger partial charge in [-0.1, -0.05) is 84.4 Å². The molecule has 0 aliphatic rings. The van der Waals surface area contributed by atoms with Gasteiger partial charge in [0.15, 0.2) is 17.5 Å². The summed E-state index contributed by atoms with van der Waals surface area (Å²) >= 11 is 6.53. The van der Waals surface area contributed by atoms with Crippen molar-refractivity contribution in [2.24, 2.45) is 0 Å². The van der Waals surface area contributed by atoms with Crippen molar-refractivity contribution in [3.8, 4) is 51.4 Å². The minimum absolute atomic E-state index is 0.564. The fourth-order valence-corrected chi connectivity index (χ4v) is 3.77. The van der Waals surface area contributed by atoms with Crippen LogP contribution in [0.5, 0.6) is 0 Å². The van der Waals surface area contributed by atoms with Gasteiger partial charge in [0.05, 0.1) is 11.6 Å². The number of hydrogen-bond donors (Lipinski definition) is 0. The first-order valence-corrected chi connectivity index (χ1v) is 10.8. The van der Waals surface area contributed by atoms with Crippen LogP contribution in [0.4, 0.5) is 0 Å². The molecule has 0 fully saturated rings. The highest BCUT2D eigenvalue weighted by molar-refractivity contribution is 6.33. The van der Waals surface area contributed by atoms with Gasteiger partial charge in [-0.05, 0) is 35.9 Å². The molecule has 33 heavy (non-hydrogen) atoms. The van der Waals surface area contributed by atoms with Gasteiger partial charge in [0.1, 0.15) is 0 Å². The number of benzene rings is 4. The topological polar surface area (TPSA) is 62.5 Å². The summed E-state index contributed by atoms with van der Waals surface area (Å²) in [5.74, 6) is 1.78. The molecule has 5 aromatic rings. The summed E-state index contributed by atoms with van der Waals surface area (Å²) in [4.78, 5) is 14.3. The van der Waals surface area contributed by atoms with Crippen LogP contribution in [0.2, 0.25) is 5.02 Å². The molecule has 1 heterocycles. The molecule has 0 spiro atoms. The quantitative estimate of drug-likeness (QED) is 0.297. The van der Waals surface area contributed by atoms with Crippen LogP contribution in [0.15, 0.2) is 103 Å². The Labute approximate surface area is 196 Å². The Bertz CT molecular complexity index is 1400. The van der Waals surface area contributed by atoms with E-state index in [1.807, 2.05) is 91.0 Å². The van der Waals surface area contributed by atoms with E-state index >= 15 is 0 Å². The van der Waals surface area contributed by atoms with E-state index in [1.165, 1.54) is 0 Å². The smallest absolute Gasteiger partial charge is 0.164 e. The highest BCUT2D eigenvalue weighted by Gasteiger charge is 2.14. The molecule has 156 valence electrons. The number of nitriles is 1. The summed E-state index contributed by atoms with van der Waals surface area (Å²) in [5, 5.41) is 9.70. The highest BCUT2D eigenvalue weighted by atomic mass is 35.5. The first-order valence-electron chi connectivity index (χ1n) is 10.4. The Balaban J connectivity index is 1.66. The van der Waals surface area contributed by atoms with Crippen LogP contribution in [0.3, 0.4) is 0 Å². The van der Waals surface area contributed by atoms with Crippen molar-refractivity contribution in [1.82, 2.24) is 15.0 Å². The van der Waals surface area contributed by atoms with E-state index in [4.69, 9.17) is 31.8 Å². The van der Waals surface area contributed by atoms with Crippen LogP contribution in [-0.4, -0.2) is 15.0 Å². The number of aromatic nitrogens is 3. The summed E-state index contributed by atoms with van der Waals surface area (Å²) < 4.78 is 0. The Kier molecular flexibility index (Phi) is 5.63. The van der Waals surface area contributed by atoms with Crippen molar-refractivity contribution < 1.29 is 0 Å². The predicted octanol–water partition coefficient (Wildman–Crippen LogP) is 7.06. The van der Waals surface area contributed by atoms with Gasteiger partial charge < -0.3 is 0 Å². The van der Waals surface area contributed by atoms with Crippen molar-refractivity contribution in [3.63, 3.8) is 0 Å². The van der Waals surface area contributed by atoms with Crippen molar-refractivity contribution in [2.45, 2.75) is 0 Å². The Morgan fingerprint density at radius 1 is 0.545 bits per heavy atom. The predicted molar refractivity (Wildman–Crippen MR) is 131 cm³/mol. The third-order valence-electron chi connectivity index (χ3n) is 5.25. The minimum Gasteiger partial charge on any atom is -0.208 e. The largest absolute Gasteiger partial charge is 0.208 e. The molecule has 1 aromatic heterocycles. The average Bonchev–Trinajstić information content (AvgIpc) is 2.90. The van der Waals surface area contributed by atoms with Crippen LogP contribution >= 0.6 is 11.6 Å². The molecule has 0 saturated carbocycles. The molecule has 0 saturated heterocycles. The molecule has 0 aliphatic carbocycles. The molecule has 0 unspecified atom stereocenters. The zero-order valence-corrected chi connectivity index (χ0v) is 18.2. The normalized spacial score (nSPS) is 10.5. The second-order valence-corrected chi connectivity index (χ2v) is 7.83. The second-order valence-electron chi connectivity index (χ2n) is 7.42. The van der Waals surface area contributed by atoms with Crippen molar-refractivity contribution in [2.75, 3.05) is 0 Å².